The maximum atomic E-state index is 13.2. The fourth-order valence-corrected chi connectivity index (χ4v) is 3.37. The molecule has 0 bridgehead atoms. The Labute approximate surface area is 189 Å². The number of ether oxygens (including phenoxy) is 1. The van der Waals surface area contributed by atoms with Crippen molar-refractivity contribution in [3.8, 4) is 5.75 Å². The van der Waals surface area contributed by atoms with E-state index in [1.807, 2.05) is 40.7 Å². The summed E-state index contributed by atoms with van der Waals surface area (Å²) in [5, 5.41) is 0.210. The third-order valence-electron chi connectivity index (χ3n) is 4.10. The number of carbonyl (C=O) groups excluding carboxylic acids is 2. The van der Waals surface area contributed by atoms with Crippen molar-refractivity contribution in [3.05, 3.63) is 64.7 Å². The smallest absolute Gasteiger partial charge is 0.370 e. The monoisotopic (exact) mass is 460 g/mol. The number of nitrogens with zero attached hydrogens (tertiary/aromatic N) is 1. The Bertz CT molecular complexity index is 846. The highest BCUT2D eigenvalue weighted by molar-refractivity contribution is 6.23. The molecule has 0 radical (unpaired) electrons. The summed E-state index contributed by atoms with van der Waals surface area (Å²) in [5.41, 5.74) is 2.14. The number of hydrogen-bond donors (Lipinski definition) is 1. The summed E-state index contributed by atoms with van der Waals surface area (Å²) in [6.45, 7) is 9.38. The van der Waals surface area contributed by atoms with E-state index in [1.54, 1.807) is 36.4 Å². The van der Waals surface area contributed by atoms with Crippen LogP contribution in [0.3, 0.4) is 0 Å². The molecule has 0 saturated heterocycles. The van der Waals surface area contributed by atoms with E-state index in [0.29, 0.717) is 16.9 Å². The van der Waals surface area contributed by atoms with Gasteiger partial charge in [0.2, 0.25) is 0 Å². The SMILES string of the molecule is COc1cccc(C(=O)[NH+](N(Cl)C(=O)c2cc(C)cc(C)c2)C(C)(C)C)c1.Cl.[Cl-]. The van der Waals surface area contributed by atoms with Gasteiger partial charge in [-0.1, -0.05) is 27.8 Å². The van der Waals surface area contributed by atoms with Crippen LogP contribution in [0.4, 0.5) is 0 Å². The van der Waals surface area contributed by atoms with Gasteiger partial charge in [-0.15, -0.1) is 17.4 Å². The molecule has 5 nitrogen and oxygen atoms in total. The number of hydrogen-bond acceptors (Lipinski definition) is 3. The Hall–Kier alpha value is -1.79. The first kappa shape index (κ1) is 27.2. The molecule has 0 aliphatic carbocycles. The van der Waals surface area contributed by atoms with Gasteiger partial charge in [-0.25, -0.2) is 4.79 Å². The summed E-state index contributed by atoms with van der Waals surface area (Å²) in [5.74, 6) is -0.172. The van der Waals surface area contributed by atoms with Crippen molar-refractivity contribution in [2.75, 3.05) is 7.11 Å². The molecule has 1 N–H and O–H groups in total. The molecule has 1 atom stereocenters. The van der Waals surface area contributed by atoms with Crippen molar-refractivity contribution in [2.24, 2.45) is 0 Å². The van der Waals surface area contributed by atoms with Gasteiger partial charge in [0.1, 0.15) is 11.3 Å². The predicted molar refractivity (Wildman–Crippen MR) is 113 cm³/mol. The second kappa shape index (κ2) is 10.8. The number of halogens is 3. The van der Waals surface area contributed by atoms with Crippen molar-refractivity contribution >= 4 is 36.0 Å². The predicted octanol–water partition coefficient (Wildman–Crippen LogP) is 0.773. The number of nitrogens with one attached hydrogen (secondary N) is 1. The molecule has 0 aromatic heterocycles. The van der Waals surface area contributed by atoms with Crippen LogP contribution in [0.1, 0.15) is 52.6 Å². The average molecular weight is 462 g/mol. The van der Waals surface area contributed by atoms with Crippen molar-refractivity contribution in [1.29, 1.82) is 0 Å². The van der Waals surface area contributed by atoms with E-state index in [4.69, 9.17) is 16.5 Å². The molecule has 0 spiro atoms. The van der Waals surface area contributed by atoms with Gasteiger partial charge in [-0.2, -0.15) is 0 Å². The molecule has 0 saturated carbocycles. The molecule has 2 aromatic rings. The first-order valence-electron chi connectivity index (χ1n) is 8.69. The van der Waals surface area contributed by atoms with Gasteiger partial charge < -0.3 is 17.1 Å². The quantitative estimate of drug-likeness (QED) is 0.543. The highest BCUT2D eigenvalue weighted by Crippen LogP contribution is 2.15. The molecule has 0 heterocycles. The Balaban J connectivity index is 0.00000392. The van der Waals surface area contributed by atoms with Crippen molar-refractivity contribution in [3.63, 3.8) is 0 Å². The number of quaternary nitrogens is 1. The standard InChI is InChI=1S/C21H25ClN2O3.2ClH/c1-14-10-15(2)12-17(11-14)20(26)24(22)23(21(3,4)5)19(25)16-8-7-9-18(13-16)27-6;;/h7-13H,1-6H3;2*1H. The van der Waals surface area contributed by atoms with Crippen LogP contribution in [0.5, 0.6) is 5.75 Å². The summed E-state index contributed by atoms with van der Waals surface area (Å²) in [6, 6.07) is 12.3. The molecule has 2 aromatic carbocycles. The van der Waals surface area contributed by atoms with Crippen LogP contribution >= 0.6 is 24.2 Å². The first-order valence-corrected chi connectivity index (χ1v) is 9.03. The maximum absolute atomic E-state index is 13.2. The van der Waals surface area contributed by atoms with E-state index in [1.165, 1.54) is 7.11 Å². The Morgan fingerprint density at radius 3 is 2.03 bits per heavy atom. The van der Waals surface area contributed by atoms with Crippen molar-refractivity contribution in [1.82, 2.24) is 4.53 Å². The van der Waals surface area contributed by atoms with E-state index < -0.39 is 11.4 Å². The van der Waals surface area contributed by atoms with Gasteiger partial charge in [-0.05, 0) is 65.0 Å². The maximum Gasteiger partial charge on any atom is 0.370 e. The molecule has 160 valence electrons. The van der Waals surface area contributed by atoms with Gasteiger partial charge in [-0.3, -0.25) is 4.79 Å². The second-order valence-electron chi connectivity index (χ2n) is 7.62. The Morgan fingerprint density at radius 1 is 1.00 bits per heavy atom. The van der Waals surface area contributed by atoms with Gasteiger partial charge in [0.25, 0.3) is 0 Å². The first-order chi connectivity index (χ1) is 12.5. The van der Waals surface area contributed by atoms with Gasteiger partial charge in [0.15, 0.2) is 0 Å². The molecule has 0 aliphatic rings. The molecular formula is C21H27Cl3N2O3. The zero-order valence-electron chi connectivity index (χ0n) is 17.4. The molecule has 2 amide bonds. The fourth-order valence-electron chi connectivity index (χ4n) is 2.94. The topological polar surface area (TPSA) is 51.1 Å². The third kappa shape index (κ3) is 6.61. The summed E-state index contributed by atoms with van der Waals surface area (Å²) in [6.07, 6.45) is 0. The molecule has 0 fully saturated rings. The van der Waals surface area contributed by atoms with Crippen molar-refractivity contribution in [2.45, 2.75) is 40.2 Å². The lowest BCUT2D eigenvalue weighted by atomic mass is 10.1. The normalized spacial score (nSPS) is 11.6. The van der Waals surface area contributed by atoms with Crippen LogP contribution in [-0.2, 0) is 0 Å². The van der Waals surface area contributed by atoms with Crippen LogP contribution in [-0.4, -0.2) is 29.0 Å². The number of benzene rings is 2. The number of methoxy groups -OCH3 is 1. The Morgan fingerprint density at radius 2 is 1.55 bits per heavy atom. The Kier molecular flexibility index (Phi) is 10.2. The summed E-state index contributed by atoms with van der Waals surface area (Å²) >= 11 is 6.43. The highest BCUT2D eigenvalue weighted by atomic mass is 35.5. The molecule has 8 heteroatoms. The number of amides is 2. The lowest BCUT2D eigenvalue weighted by Gasteiger charge is -2.33. The molecule has 29 heavy (non-hydrogen) atoms. The average Bonchev–Trinajstić information content (AvgIpc) is 2.59. The zero-order valence-corrected chi connectivity index (χ0v) is 19.7. The summed E-state index contributed by atoms with van der Waals surface area (Å²) in [7, 11) is 1.54. The molecule has 0 aliphatic heterocycles. The van der Waals surface area contributed by atoms with E-state index in [9.17, 15) is 9.59 Å². The van der Waals surface area contributed by atoms with E-state index in [2.05, 4.69) is 0 Å². The van der Waals surface area contributed by atoms with Crippen LogP contribution in [0.2, 0.25) is 0 Å². The molecule has 1 unspecified atom stereocenters. The fraction of sp³-hybridized carbons (Fsp3) is 0.333. The van der Waals surface area contributed by atoms with Crippen LogP contribution in [0.15, 0.2) is 42.5 Å². The largest absolute Gasteiger partial charge is 1.00 e. The zero-order chi connectivity index (χ0) is 20.4. The van der Waals surface area contributed by atoms with Crippen LogP contribution in [0, 0.1) is 13.8 Å². The molecule has 2 rings (SSSR count). The van der Waals surface area contributed by atoms with Crippen LogP contribution in [0.25, 0.3) is 0 Å². The number of aryl methyl sites for hydroxylation is 2. The minimum atomic E-state index is -0.642. The minimum Gasteiger partial charge on any atom is -1.00 e. The highest BCUT2D eigenvalue weighted by Gasteiger charge is 2.41. The van der Waals surface area contributed by atoms with E-state index in [-0.39, 0.29) is 35.7 Å². The second-order valence-corrected chi connectivity index (χ2v) is 7.96. The van der Waals surface area contributed by atoms with Crippen LogP contribution < -0.4 is 22.2 Å². The number of rotatable bonds is 3. The van der Waals surface area contributed by atoms with E-state index >= 15 is 0 Å². The van der Waals surface area contributed by atoms with Crippen molar-refractivity contribution < 1.29 is 31.7 Å². The summed E-state index contributed by atoms with van der Waals surface area (Å²) in [4.78, 5) is 26.2. The lowest BCUT2D eigenvalue weighted by molar-refractivity contribution is -0.951. The minimum absolute atomic E-state index is 0. The van der Waals surface area contributed by atoms with Gasteiger partial charge in [0, 0.05) is 5.56 Å². The third-order valence-corrected chi connectivity index (χ3v) is 4.42. The molecular weight excluding hydrogens is 435 g/mol. The van der Waals surface area contributed by atoms with Gasteiger partial charge in [0.05, 0.1) is 24.4 Å². The van der Waals surface area contributed by atoms with E-state index in [0.717, 1.165) is 15.7 Å². The lowest BCUT2D eigenvalue weighted by Crippen LogP contribution is -3.25. The van der Waals surface area contributed by atoms with Gasteiger partial charge >= 0.3 is 11.8 Å². The number of carbonyl (C=O) groups is 2. The summed E-state index contributed by atoms with van der Waals surface area (Å²) < 4.78 is 6.15.